The first kappa shape index (κ1) is 23.5. The van der Waals surface area contributed by atoms with Gasteiger partial charge in [-0.2, -0.15) is 0 Å². The second kappa shape index (κ2) is 10.9. The molecule has 1 aromatic rings. The summed E-state index contributed by atoms with van der Waals surface area (Å²) in [5.74, 6) is 1.34. The van der Waals surface area contributed by atoms with Crippen LogP contribution < -0.4 is 0 Å². The first-order valence-electron chi connectivity index (χ1n) is 10.4. The Balaban J connectivity index is 0.000000858. The number of hydrogen-bond acceptors (Lipinski definition) is 8. The topological polar surface area (TPSA) is 132 Å². The minimum Gasteiger partial charge on any atom is -0.483 e. The molecule has 1 spiro atoms. The molecular weight excluding hydrogens is 424 g/mol. The summed E-state index contributed by atoms with van der Waals surface area (Å²) in [5.41, 5.74) is -0.369. The largest absolute Gasteiger partial charge is 0.483 e. The Bertz CT molecular complexity index is 771. The van der Waals surface area contributed by atoms with Crippen LogP contribution in [0.1, 0.15) is 18.7 Å². The highest BCUT2D eigenvalue weighted by molar-refractivity contribution is 7.99. The van der Waals surface area contributed by atoms with Crippen LogP contribution in [0.5, 0.6) is 0 Å². The molecule has 31 heavy (non-hydrogen) atoms. The number of morpholine rings is 1. The third kappa shape index (κ3) is 5.95. The highest BCUT2D eigenvalue weighted by Gasteiger charge is 2.51. The highest BCUT2D eigenvalue weighted by Crippen LogP contribution is 2.40. The van der Waals surface area contributed by atoms with Gasteiger partial charge in [0, 0.05) is 45.8 Å². The van der Waals surface area contributed by atoms with E-state index in [2.05, 4.69) is 20.1 Å². The molecule has 11 nitrogen and oxygen atoms in total. The number of hydrogen-bond donors (Lipinski definition) is 2. The molecule has 0 bridgehead atoms. The molecule has 1 atom stereocenters. The van der Waals surface area contributed by atoms with Crippen LogP contribution >= 0.6 is 11.8 Å². The molecule has 0 aromatic carbocycles. The predicted octanol–water partition coefficient (Wildman–Crippen LogP) is -0.311. The van der Waals surface area contributed by atoms with Gasteiger partial charge in [0.1, 0.15) is 5.82 Å². The summed E-state index contributed by atoms with van der Waals surface area (Å²) in [4.78, 5) is 44.4. The van der Waals surface area contributed by atoms with E-state index in [0.717, 1.165) is 64.6 Å². The van der Waals surface area contributed by atoms with Crippen molar-refractivity contribution in [3.8, 4) is 0 Å². The van der Waals surface area contributed by atoms with Crippen LogP contribution in [0.4, 0.5) is 0 Å². The molecule has 1 aromatic heterocycles. The zero-order valence-corrected chi connectivity index (χ0v) is 18.6. The molecule has 0 saturated carbocycles. The average molecular weight is 455 g/mol. The van der Waals surface area contributed by atoms with Crippen LogP contribution in [0.2, 0.25) is 0 Å². The van der Waals surface area contributed by atoms with E-state index in [4.69, 9.17) is 14.6 Å². The first-order chi connectivity index (χ1) is 15.0. The number of rotatable bonds is 6. The van der Waals surface area contributed by atoms with Crippen LogP contribution in [0.3, 0.4) is 0 Å². The van der Waals surface area contributed by atoms with Crippen LogP contribution in [0.15, 0.2) is 5.16 Å². The maximum Gasteiger partial charge on any atom is 0.290 e. The number of aryl methyl sites for hydroxylation is 1. The van der Waals surface area contributed by atoms with Crippen molar-refractivity contribution in [2.75, 3.05) is 64.8 Å². The van der Waals surface area contributed by atoms with Gasteiger partial charge in [-0.3, -0.25) is 24.4 Å². The van der Waals surface area contributed by atoms with Crippen molar-refractivity contribution in [3.63, 3.8) is 0 Å². The number of ether oxygens (including phenoxy) is 1. The summed E-state index contributed by atoms with van der Waals surface area (Å²) < 4.78 is 5.38. The molecule has 3 fully saturated rings. The van der Waals surface area contributed by atoms with E-state index < -0.39 is 0 Å². The van der Waals surface area contributed by atoms with Gasteiger partial charge in [0.2, 0.25) is 17.0 Å². The number of amides is 2. The third-order valence-corrected chi connectivity index (χ3v) is 6.83. The van der Waals surface area contributed by atoms with Crippen molar-refractivity contribution in [1.82, 2.24) is 29.9 Å². The Morgan fingerprint density at radius 2 is 1.97 bits per heavy atom. The maximum absolute atomic E-state index is 13.1. The van der Waals surface area contributed by atoms with Crippen molar-refractivity contribution < 1.29 is 24.2 Å². The van der Waals surface area contributed by atoms with Gasteiger partial charge in [-0.15, -0.1) is 5.10 Å². The Hall–Kier alpha value is -2.18. The Kier molecular flexibility index (Phi) is 8.27. The quantitative estimate of drug-likeness (QED) is 0.439. The van der Waals surface area contributed by atoms with Gasteiger partial charge in [0.15, 0.2) is 0 Å². The lowest BCUT2D eigenvalue weighted by atomic mass is 9.85. The molecule has 1 unspecified atom stereocenters. The fraction of sp³-hybridized carbons (Fsp3) is 0.737. The summed E-state index contributed by atoms with van der Waals surface area (Å²) in [5, 5.41) is 14.3. The van der Waals surface area contributed by atoms with E-state index >= 15 is 0 Å². The van der Waals surface area contributed by atoms with Gasteiger partial charge in [-0.25, -0.2) is 4.98 Å². The van der Waals surface area contributed by atoms with E-state index in [0.29, 0.717) is 24.0 Å². The zero-order chi connectivity index (χ0) is 22.3. The monoisotopic (exact) mass is 454 g/mol. The molecule has 2 amide bonds. The number of carboxylic acid groups (broad SMARTS) is 1. The fourth-order valence-corrected chi connectivity index (χ4v) is 5.01. The van der Waals surface area contributed by atoms with E-state index in [1.165, 1.54) is 11.8 Å². The minimum absolute atomic E-state index is 0.0592. The van der Waals surface area contributed by atoms with E-state index in [9.17, 15) is 9.59 Å². The number of likely N-dealkylation sites (tertiary alicyclic amines) is 2. The Morgan fingerprint density at radius 1 is 1.26 bits per heavy atom. The second-order valence-corrected chi connectivity index (χ2v) is 8.88. The number of nitrogens with zero attached hydrogens (tertiary/aromatic N) is 5. The zero-order valence-electron chi connectivity index (χ0n) is 17.8. The average Bonchev–Trinajstić information content (AvgIpc) is 3.47. The van der Waals surface area contributed by atoms with E-state index in [1.54, 1.807) is 0 Å². The molecule has 0 radical (unpaired) electrons. The third-order valence-electron chi connectivity index (χ3n) is 6.00. The predicted molar refractivity (Wildman–Crippen MR) is 113 cm³/mol. The second-order valence-electron chi connectivity index (χ2n) is 7.94. The van der Waals surface area contributed by atoms with Gasteiger partial charge < -0.3 is 19.6 Å². The molecule has 172 valence electrons. The molecule has 2 N–H and O–H groups in total. The fourth-order valence-electron chi connectivity index (χ4n) is 4.26. The summed E-state index contributed by atoms with van der Waals surface area (Å²) in [6.07, 6.45) is 1.63. The number of nitrogens with one attached hydrogen (secondary N) is 1. The van der Waals surface area contributed by atoms with Gasteiger partial charge in [0.05, 0.1) is 24.4 Å². The number of aromatic nitrogens is 3. The summed E-state index contributed by atoms with van der Waals surface area (Å²) in [7, 11) is 0. The molecule has 12 heteroatoms. The normalized spacial score (nSPS) is 23.8. The number of carbonyl (C=O) groups is 3. The lowest BCUT2D eigenvalue weighted by molar-refractivity contribution is -0.136. The highest BCUT2D eigenvalue weighted by atomic mass is 32.2. The van der Waals surface area contributed by atoms with Crippen molar-refractivity contribution in [2.24, 2.45) is 5.41 Å². The van der Waals surface area contributed by atoms with Crippen LogP contribution in [0, 0.1) is 12.3 Å². The number of carbonyl (C=O) groups excluding carboxylic acids is 2. The van der Waals surface area contributed by atoms with Gasteiger partial charge in [0.25, 0.3) is 6.47 Å². The summed E-state index contributed by atoms with van der Waals surface area (Å²) in [6, 6.07) is 0. The minimum atomic E-state index is -0.369. The van der Waals surface area contributed by atoms with Gasteiger partial charge >= 0.3 is 0 Å². The molecule has 4 heterocycles. The standard InChI is InChI=1S/C18H28N6O3S.CH2O2/c1-14-19-17(21-20-14)28-12-15(25)24-5-3-18(13-24)2-4-23(16(18)26)7-6-22-8-10-27-11-9-22;2-1-3/h2-13H2,1H3,(H,19,20,21);1H,(H,2,3). The molecular formula is C19H30N6O5S. The molecule has 0 aliphatic carbocycles. The van der Waals surface area contributed by atoms with Crippen molar-refractivity contribution in [3.05, 3.63) is 5.82 Å². The Labute approximate surface area is 185 Å². The molecule has 3 aliphatic rings. The van der Waals surface area contributed by atoms with Crippen LogP contribution in [0.25, 0.3) is 0 Å². The van der Waals surface area contributed by atoms with Crippen LogP contribution in [-0.2, 0) is 19.1 Å². The van der Waals surface area contributed by atoms with E-state index in [-0.39, 0.29) is 23.7 Å². The lowest BCUT2D eigenvalue weighted by Crippen LogP contribution is -2.44. The number of thioether (sulfide) groups is 1. The van der Waals surface area contributed by atoms with Crippen molar-refractivity contribution in [1.29, 1.82) is 0 Å². The van der Waals surface area contributed by atoms with Crippen molar-refractivity contribution in [2.45, 2.75) is 24.9 Å². The van der Waals surface area contributed by atoms with Crippen molar-refractivity contribution >= 4 is 30.0 Å². The lowest BCUT2D eigenvalue weighted by Gasteiger charge is -2.29. The molecule has 4 rings (SSSR count). The first-order valence-corrected chi connectivity index (χ1v) is 11.4. The number of H-pyrrole nitrogens is 1. The van der Waals surface area contributed by atoms with Gasteiger partial charge in [-0.1, -0.05) is 11.8 Å². The number of aromatic amines is 1. The Morgan fingerprint density at radius 3 is 2.65 bits per heavy atom. The smallest absolute Gasteiger partial charge is 0.290 e. The summed E-state index contributed by atoms with van der Waals surface area (Å²) >= 11 is 1.34. The van der Waals surface area contributed by atoms with Gasteiger partial charge in [-0.05, 0) is 19.8 Å². The SMILES string of the molecule is Cc1nc(SCC(=O)N2CCC3(CCN(CCN4CCOCC4)C3=O)C2)n[nH]1.O=CO. The molecule has 3 aliphatic heterocycles. The van der Waals surface area contributed by atoms with E-state index in [1.807, 2.05) is 16.7 Å². The summed E-state index contributed by atoms with van der Waals surface area (Å²) in [6.45, 7) is 8.71. The maximum atomic E-state index is 13.1. The van der Waals surface area contributed by atoms with Crippen LogP contribution in [-0.4, -0.2) is 118 Å². The molecule has 3 saturated heterocycles.